The van der Waals surface area contributed by atoms with Gasteiger partial charge in [0.1, 0.15) is 11.8 Å². The van der Waals surface area contributed by atoms with Crippen LogP contribution in [0.25, 0.3) is 0 Å². The minimum absolute atomic E-state index is 0.225. The van der Waals surface area contributed by atoms with E-state index in [4.69, 9.17) is 9.47 Å². The highest BCUT2D eigenvalue weighted by molar-refractivity contribution is 5.82. The summed E-state index contributed by atoms with van der Waals surface area (Å²) in [5.41, 5.74) is 2.58. The van der Waals surface area contributed by atoms with Crippen molar-refractivity contribution in [3.8, 4) is 11.5 Å². The zero-order valence-electron chi connectivity index (χ0n) is 14.0. The molecule has 0 spiro atoms. The topological polar surface area (TPSA) is 35.5 Å². The van der Waals surface area contributed by atoms with Gasteiger partial charge in [0, 0.05) is 12.0 Å². The van der Waals surface area contributed by atoms with Crippen molar-refractivity contribution in [2.75, 3.05) is 34.4 Å². The van der Waals surface area contributed by atoms with Crippen LogP contribution in [-0.4, -0.2) is 44.6 Å². The smallest absolute Gasteiger partial charge is 0.161 e. The van der Waals surface area contributed by atoms with Crippen LogP contribution in [0.15, 0.2) is 12.1 Å². The van der Waals surface area contributed by atoms with Crippen molar-refractivity contribution in [1.82, 2.24) is 0 Å². The molecule has 0 N–H and O–H groups in total. The second-order valence-electron chi connectivity index (χ2n) is 6.83. The molecule has 0 radical (unpaired) electrons. The highest BCUT2D eigenvalue weighted by Crippen LogP contribution is 2.45. The summed E-state index contributed by atoms with van der Waals surface area (Å²) in [5.74, 6) is 2.19. The molecule has 0 amide bonds. The van der Waals surface area contributed by atoms with Gasteiger partial charge in [-0.2, -0.15) is 0 Å². The molecule has 3 rings (SSSR count). The van der Waals surface area contributed by atoms with Gasteiger partial charge in [-0.15, -0.1) is 0 Å². The standard InChI is InChI=1S/C18H26NO3/c1-5-12-11-19(2)7-6-13-8-17(21-3)18(22-4)9-14(13)15(19)10-16(12)20/h8-9,12,15H,5-7,10-11H2,1-4H3/q+1/t12-,15-,19+/m1/s1. The third kappa shape index (κ3) is 2.30. The summed E-state index contributed by atoms with van der Waals surface area (Å²) in [4.78, 5) is 12.4. The molecule has 22 heavy (non-hydrogen) atoms. The first-order chi connectivity index (χ1) is 10.5. The van der Waals surface area contributed by atoms with E-state index in [9.17, 15) is 4.79 Å². The van der Waals surface area contributed by atoms with Crippen LogP contribution < -0.4 is 9.47 Å². The molecule has 1 aromatic rings. The zero-order valence-corrected chi connectivity index (χ0v) is 14.0. The van der Waals surface area contributed by atoms with Crippen LogP contribution in [0.1, 0.15) is 36.9 Å². The number of ketones is 1. The number of methoxy groups -OCH3 is 2. The number of hydrogen-bond acceptors (Lipinski definition) is 3. The van der Waals surface area contributed by atoms with Gasteiger partial charge in [0.15, 0.2) is 11.5 Å². The summed E-state index contributed by atoms with van der Waals surface area (Å²) in [6, 6.07) is 4.45. The molecule has 120 valence electrons. The van der Waals surface area contributed by atoms with E-state index in [-0.39, 0.29) is 12.0 Å². The number of likely N-dealkylation sites (N-methyl/N-ethyl adjacent to an activating group) is 1. The van der Waals surface area contributed by atoms with Crippen LogP contribution in [0.2, 0.25) is 0 Å². The quantitative estimate of drug-likeness (QED) is 0.806. The Bertz CT molecular complexity index is 598. The van der Waals surface area contributed by atoms with Crippen LogP contribution >= 0.6 is 0 Å². The van der Waals surface area contributed by atoms with Gasteiger partial charge >= 0.3 is 0 Å². The lowest BCUT2D eigenvalue weighted by Crippen LogP contribution is -2.58. The van der Waals surface area contributed by atoms with Crippen LogP contribution in [0, 0.1) is 5.92 Å². The van der Waals surface area contributed by atoms with E-state index in [1.807, 2.05) is 0 Å². The van der Waals surface area contributed by atoms with Gasteiger partial charge in [-0.3, -0.25) is 4.79 Å². The fourth-order valence-corrected chi connectivity index (χ4v) is 4.20. The van der Waals surface area contributed by atoms with Crippen molar-refractivity contribution in [1.29, 1.82) is 0 Å². The lowest BCUT2D eigenvalue weighted by atomic mass is 9.79. The minimum atomic E-state index is 0.225. The van der Waals surface area contributed by atoms with E-state index < -0.39 is 0 Å². The van der Waals surface area contributed by atoms with E-state index >= 15 is 0 Å². The minimum Gasteiger partial charge on any atom is -0.493 e. The lowest BCUT2D eigenvalue weighted by Gasteiger charge is -2.50. The third-order valence-corrected chi connectivity index (χ3v) is 5.63. The molecule has 2 aliphatic heterocycles. The van der Waals surface area contributed by atoms with Crippen molar-refractivity contribution in [2.24, 2.45) is 5.92 Å². The Hall–Kier alpha value is -1.55. The van der Waals surface area contributed by atoms with Gasteiger partial charge in [-0.25, -0.2) is 0 Å². The van der Waals surface area contributed by atoms with Crippen molar-refractivity contribution in [3.05, 3.63) is 23.3 Å². The summed E-state index contributed by atoms with van der Waals surface area (Å²) in [7, 11) is 5.64. The number of nitrogens with zero attached hydrogens (tertiary/aromatic N) is 1. The van der Waals surface area contributed by atoms with Crippen LogP contribution in [0.3, 0.4) is 0 Å². The number of carbonyl (C=O) groups excluding carboxylic acids is 1. The number of Topliss-reactive ketones (excluding diaryl/α,β-unsaturated/α-hetero) is 1. The largest absolute Gasteiger partial charge is 0.493 e. The fourth-order valence-electron chi connectivity index (χ4n) is 4.20. The molecule has 3 atom stereocenters. The molecule has 1 aromatic carbocycles. The average molecular weight is 304 g/mol. The molecule has 4 heteroatoms. The number of hydrogen-bond donors (Lipinski definition) is 0. The van der Waals surface area contributed by atoms with Crippen molar-refractivity contribution >= 4 is 5.78 Å². The zero-order chi connectivity index (χ0) is 15.9. The first-order valence-electron chi connectivity index (χ1n) is 8.14. The Balaban J connectivity index is 2.04. The molecule has 2 heterocycles. The van der Waals surface area contributed by atoms with Crippen LogP contribution in [-0.2, 0) is 11.2 Å². The SMILES string of the molecule is CC[C@@H]1C[N@+]2(C)CCc3cc(OC)c(OC)cc3[C@H]2CC1=O. The van der Waals surface area contributed by atoms with Crippen molar-refractivity contribution in [3.63, 3.8) is 0 Å². The van der Waals surface area contributed by atoms with E-state index in [0.29, 0.717) is 12.2 Å². The highest BCUT2D eigenvalue weighted by atomic mass is 16.5. The molecule has 1 saturated heterocycles. The van der Waals surface area contributed by atoms with E-state index in [1.165, 1.54) is 11.1 Å². The molecular weight excluding hydrogens is 278 g/mol. The van der Waals surface area contributed by atoms with Crippen LogP contribution in [0.5, 0.6) is 11.5 Å². The number of piperidine rings is 1. The maximum atomic E-state index is 12.4. The van der Waals surface area contributed by atoms with Crippen molar-refractivity contribution < 1.29 is 18.8 Å². The molecule has 1 fully saturated rings. The third-order valence-electron chi connectivity index (χ3n) is 5.63. The van der Waals surface area contributed by atoms with Gasteiger partial charge in [-0.05, 0) is 24.1 Å². The predicted octanol–water partition coefficient (Wildman–Crippen LogP) is 2.75. The Morgan fingerprint density at radius 1 is 1.23 bits per heavy atom. The number of ether oxygens (including phenoxy) is 2. The first-order valence-corrected chi connectivity index (χ1v) is 8.14. The summed E-state index contributed by atoms with van der Waals surface area (Å²) < 4.78 is 11.9. The van der Waals surface area contributed by atoms with Gasteiger partial charge in [0.2, 0.25) is 0 Å². The molecule has 0 unspecified atom stereocenters. The van der Waals surface area contributed by atoms with Gasteiger partial charge in [0.25, 0.3) is 0 Å². The number of rotatable bonds is 3. The monoisotopic (exact) mass is 304 g/mol. The molecule has 0 bridgehead atoms. The maximum absolute atomic E-state index is 12.4. The normalized spacial score (nSPS) is 30.5. The van der Waals surface area contributed by atoms with Gasteiger partial charge < -0.3 is 14.0 Å². The first kappa shape index (κ1) is 15.3. The Morgan fingerprint density at radius 2 is 1.91 bits per heavy atom. The summed E-state index contributed by atoms with van der Waals surface area (Å²) >= 11 is 0. The van der Waals surface area contributed by atoms with E-state index in [0.717, 1.165) is 41.9 Å². The van der Waals surface area contributed by atoms with E-state index in [1.54, 1.807) is 14.2 Å². The molecular formula is C18H26NO3+. The summed E-state index contributed by atoms with van der Waals surface area (Å²) in [6.07, 6.45) is 2.64. The van der Waals surface area contributed by atoms with Crippen molar-refractivity contribution in [2.45, 2.75) is 32.2 Å². The lowest BCUT2D eigenvalue weighted by molar-refractivity contribution is -0.945. The Labute approximate surface area is 132 Å². The molecule has 4 nitrogen and oxygen atoms in total. The number of quaternary nitrogens is 1. The average Bonchev–Trinajstić information content (AvgIpc) is 2.53. The second-order valence-corrected chi connectivity index (χ2v) is 6.83. The van der Waals surface area contributed by atoms with Gasteiger partial charge in [0.05, 0.1) is 46.7 Å². The molecule has 0 saturated carbocycles. The number of fused-ring (bicyclic) bond motifs is 3. The summed E-state index contributed by atoms with van der Waals surface area (Å²) in [6.45, 7) is 4.19. The molecule has 2 aliphatic rings. The predicted molar refractivity (Wildman–Crippen MR) is 85.3 cm³/mol. The number of benzene rings is 1. The molecule has 0 aromatic heterocycles. The Morgan fingerprint density at radius 3 is 2.55 bits per heavy atom. The summed E-state index contributed by atoms with van der Waals surface area (Å²) in [5, 5.41) is 0. The Kier molecular flexibility index (Phi) is 3.89. The van der Waals surface area contributed by atoms with E-state index in [2.05, 4.69) is 26.1 Å². The fraction of sp³-hybridized carbons (Fsp3) is 0.611. The molecule has 0 aliphatic carbocycles. The van der Waals surface area contributed by atoms with Gasteiger partial charge in [-0.1, -0.05) is 6.92 Å². The van der Waals surface area contributed by atoms with Crippen LogP contribution in [0.4, 0.5) is 0 Å². The second kappa shape index (κ2) is 5.58. The highest BCUT2D eigenvalue weighted by Gasteiger charge is 2.47. The number of carbonyl (C=O) groups is 1. The maximum Gasteiger partial charge on any atom is 0.161 e.